The summed E-state index contributed by atoms with van der Waals surface area (Å²) in [4.78, 5) is 2.75. The van der Waals surface area contributed by atoms with Gasteiger partial charge in [-0.2, -0.15) is 0 Å². The number of benzene rings is 2. The first-order valence-electron chi connectivity index (χ1n) is 7.44. The standard InChI is InChI=1S/C12H8ClN/c13-9-5-3-7-11-12(9)8-4-1-2-6-10(8)14-11/h1-7,14H/i1D,2D,3D,4D,5D,6D,7D. The number of fused-ring (bicyclic) bond motifs is 3. The van der Waals surface area contributed by atoms with E-state index in [9.17, 15) is 0 Å². The summed E-state index contributed by atoms with van der Waals surface area (Å²) in [5, 5.41) is 0.231. The van der Waals surface area contributed by atoms with Crippen LogP contribution in [0.25, 0.3) is 21.8 Å². The minimum Gasteiger partial charge on any atom is -0.354 e. The molecule has 3 rings (SSSR count). The third kappa shape index (κ3) is 0.962. The van der Waals surface area contributed by atoms with E-state index in [4.69, 9.17) is 21.2 Å². The van der Waals surface area contributed by atoms with E-state index in [1.807, 2.05) is 0 Å². The second kappa shape index (κ2) is 2.76. The Labute approximate surface area is 96.1 Å². The average molecular weight is 209 g/mol. The first-order chi connectivity index (χ1) is 9.77. The van der Waals surface area contributed by atoms with Gasteiger partial charge in [-0.3, -0.25) is 0 Å². The van der Waals surface area contributed by atoms with Crippen molar-refractivity contribution in [2.24, 2.45) is 0 Å². The van der Waals surface area contributed by atoms with Crippen LogP contribution < -0.4 is 0 Å². The Kier molecular flexibility index (Phi) is 0.708. The monoisotopic (exact) mass is 208 g/mol. The molecule has 1 aromatic heterocycles. The fraction of sp³-hybridized carbons (Fsp3) is 0. The second-order valence-electron chi connectivity index (χ2n) is 2.81. The van der Waals surface area contributed by atoms with Crippen molar-refractivity contribution < 1.29 is 9.60 Å². The lowest BCUT2D eigenvalue weighted by molar-refractivity contribution is 1.55. The zero-order valence-electron chi connectivity index (χ0n) is 13.9. The molecule has 2 aromatic carbocycles. The number of aromatic amines is 1. The van der Waals surface area contributed by atoms with Gasteiger partial charge in [0.25, 0.3) is 0 Å². The maximum absolute atomic E-state index is 7.98. The highest BCUT2D eigenvalue weighted by molar-refractivity contribution is 6.37. The van der Waals surface area contributed by atoms with Crippen LogP contribution in [0.2, 0.25) is 5.02 Å². The molecule has 2 heteroatoms. The van der Waals surface area contributed by atoms with Crippen molar-refractivity contribution in [3.8, 4) is 0 Å². The van der Waals surface area contributed by atoms with Crippen LogP contribution in [0.3, 0.4) is 0 Å². The Morgan fingerprint density at radius 2 is 1.79 bits per heavy atom. The fourth-order valence-electron chi connectivity index (χ4n) is 1.43. The van der Waals surface area contributed by atoms with E-state index in [0.717, 1.165) is 0 Å². The van der Waals surface area contributed by atoms with Crippen LogP contribution >= 0.6 is 11.6 Å². The number of hydrogen-bond acceptors (Lipinski definition) is 0. The van der Waals surface area contributed by atoms with Gasteiger partial charge in [-0.25, -0.2) is 0 Å². The highest BCUT2D eigenvalue weighted by atomic mass is 35.5. The molecule has 0 spiro atoms. The highest BCUT2D eigenvalue weighted by Gasteiger charge is 2.05. The molecule has 0 amide bonds. The van der Waals surface area contributed by atoms with Crippen LogP contribution in [-0.2, 0) is 0 Å². The van der Waals surface area contributed by atoms with Crippen LogP contribution in [0.4, 0.5) is 0 Å². The molecule has 0 unspecified atom stereocenters. The highest BCUT2D eigenvalue weighted by Crippen LogP contribution is 2.30. The average Bonchev–Trinajstić information content (AvgIpc) is 2.87. The van der Waals surface area contributed by atoms with Crippen molar-refractivity contribution in [1.82, 2.24) is 4.98 Å². The summed E-state index contributed by atoms with van der Waals surface area (Å²) in [7, 11) is 0. The molecule has 14 heavy (non-hydrogen) atoms. The van der Waals surface area contributed by atoms with E-state index in [1.54, 1.807) is 0 Å². The normalized spacial score (nSPS) is 18.2. The fourth-order valence-corrected chi connectivity index (χ4v) is 1.67. The van der Waals surface area contributed by atoms with Crippen molar-refractivity contribution in [2.75, 3.05) is 0 Å². The zero-order chi connectivity index (χ0) is 15.6. The third-order valence-electron chi connectivity index (χ3n) is 2.02. The van der Waals surface area contributed by atoms with E-state index in [2.05, 4.69) is 4.98 Å². The summed E-state index contributed by atoms with van der Waals surface area (Å²) in [6, 6.07) is -2.29. The maximum atomic E-state index is 7.98. The SMILES string of the molecule is [2H]c1c([2H])c([2H])c2c([nH]c3c([2H])c([2H])c([2H])c(Cl)c32)c1[2H]. The van der Waals surface area contributed by atoms with Gasteiger partial charge in [-0.05, 0) is 18.1 Å². The number of hydrogen-bond donors (Lipinski definition) is 1. The van der Waals surface area contributed by atoms with E-state index < -0.39 is 6.04 Å². The van der Waals surface area contributed by atoms with E-state index in [1.165, 1.54) is 0 Å². The molecule has 1 N–H and O–H groups in total. The summed E-state index contributed by atoms with van der Waals surface area (Å²) in [6.07, 6.45) is 0. The predicted octanol–water partition coefficient (Wildman–Crippen LogP) is 3.97. The smallest absolute Gasteiger partial charge is 0.0645 e. The van der Waals surface area contributed by atoms with Gasteiger partial charge in [-0.1, -0.05) is 35.8 Å². The van der Waals surface area contributed by atoms with E-state index in [-0.39, 0.29) is 63.1 Å². The molecular formula is C12H8ClN. The van der Waals surface area contributed by atoms with E-state index >= 15 is 0 Å². The van der Waals surface area contributed by atoms with Gasteiger partial charge in [-0.15, -0.1) is 0 Å². The first-order valence-corrected chi connectivity index (χ1v) is 4.32. The number of rotatable bonds is 0. The van der Waals surface area contributed by atoms with Crippen molar-refractivity contribution in [3.05, 3.63) is 47.3 Å². The van der Waals surface area contributed by atoms with Gasteiger partial charge in [0.05, 0.1) is 14.6 Å². The van der Waals surface area contributed by atoms with Crippen molar-refractivity contribution in [3.63, 3.8) is 0 Å². The zero-order valence-corrected chi connectivity index (χ0v) is 7.63. The predicted molar refractivity (Wildman–Crippen MR) is 60.8 cm³/mol. The lowest BCUT2D eigenvalue weighted by atomic mass is 10.1. The Bertz CT molecular complexity index is 857. The number of H-pyrrole nitrogens is 1. The van der Waals surface area contributed by atoms with Crippen LogP contribution in [0.15, 0.2) is 42.3 Å². The summed E-state index contributed by atoms with van der Waals surface area (Å²) >= 11 is 6.08. The summed E-state index contributed by atoms with van der Waals surface area (Å²) in [5.74, 6) is 0. The van der Waals surface area contributed by atoms with Gasteiger partial charge in [0.1, 0.15) is 0 Å². The molecule has 0 aliphatic heterocycles. The number of aromatic nitrogens is 1. The van der Waals surface area contributed by atoms with Gasteiger partial charge in [0.15, 0.2) is 0 Å². The topological polar surface area (TPSA) is 15.8 Å². The van der Waals surface area contributed by atoms with Gasteiger partial charge >= 0.3 is 0 Å². The minimum absolute atomic E-state index is 0.0951. The largest absolute Gasteiger partial charge is 0.354 e. The second-order valence-corrected chi connectivity index (χ2v) is 3.19. The van der Waals surface area contributed by atoms with Crippen LogP contribution in [-0.4, -0.2) is 4.98 Å². The number of nitrogens with one attached hydrogen (secondary N) is 1. The molecule has 0 atom stereocenters. The lowest BCUT2D eigenvalue weighted by Gasteiger charge is -1.93. The van der Waals surface area contributed by atoms with Crippen molar-refractivity contribution in [1.29, 1.82) is 0 Å². The Morgan fingerprint density at radius 1 is 1.00 bits per heavy atom. The van der Waals surface area contributed by atoms with E-state index in [0.29, 0.717) is 0 Å². The Morgan fingerprint density at radius 3 is 2.71 bits per heavy atom. The van der Waals surface area contributed by atoms with Crippen LogP contribution in [0, 0.1) is 0 Å². The molecule has 0 saturated carbocycles. The van der Waals surface area contributed by atoms with Crippen molar-refractivity contribution in [2.45, 2.75) is 0 Å². The molecule has 0 aliphatic carbocycles. The minimum atomic E-state index is -0.405. The molecule has 0 fully saturated rings. The molecule has 0 bridgehead atoms. The summed E-state index contributed by atoms with van der Waals surface area (Å²) < 4.78 is 54.6. The maximum Gasteiger partial charge on any atom is 0.0645 e. The Hall–Kier alpha value is -1.47. The molecule has 68 valence electrons. The molecule has 1 heterocycles. The summed E-state index contributed by atoms with van der Waals surface area (Å²) in [6.45, 7) is 0. The molecule has 1 nitrogen and oxygen atoms in total. The molecular weight excluding hydrogens is 194 g/mol. The number of para-hydroxylation sites is 1. The van der Waals surface area contributed by atoms with Crippen LogP contribution in [0.5, 0.6) is 0 Å². The third-order valence-corrected chi connectivity index (χ3v) is 2.30. The molecule has 0 radical (unpaired) electrons. The molecule has 0 saturated heterocycles. The Balaban J connectivity index is 2.73. The molecule has 0 aliphatic rings. The van der Waals surface area contributed by atoms with Crippen LogP contribution in [0.1, 0.15) is 9.60 Å². The number of halogens is 1. The molecule has 3 aromatic rings. The van der Waals surface area contributed by atoms with Crippen molar-refractivity contribution >= 4 is 33.4 Å². The quantitative estimate of drug-likeness (QED) is 0.575. The summed E-state index contributed by atoms with van der Waals surface area (Å²) in [5.41, 5.74) is 0.263. The van der Waals surface area contributed by atoms with Gasteiger partial charge in [0, 0.05) is 21.8 Å². The lowest BCUT2D eigenvalue weighted by Crippen LogP contribution is -1.67. The van der Waals surface area contributed by atoms with Gasteiger partial charge in [0.2, 0.25) is 0 Å². The van der Waals surface area contributed by atoms with Gasteiger partial charge < -0.3 is 4.98 Å². The first kappa shape index (κ1) is 3.59.